The molecule has 0 bridgehead atoms. The van der Waals surface area contributed by atoms with Gasteiger partial charge in [0.25, 0.3) is 5.56 Å². The van der Waals surface area contributed by atoms with Crippen LogP contribution >= 0.6 is 7.60 Å². The molecule has 2 aromatic rings. The Balaban J connectivity index is 1.84. The van der Waals surface area contributed by atoms with E-state index in [0.717, 1.165) is 0 Å². The van der Waals surface area contributed by atoms with E-state index < -0.39 is 38.1 Å². The number of hydrogen-bond donors (Lipinski definition) is 5. The lowest BCUT2D eigenvalue weighted by atomic mass is 10.2. The number of nitrogens with one attached hydrogen (secondary N) is 1. The number of nitrogen functional groups attached to an aromatic ring is 1. The molecular weight excluding hydrogens is 333 g/mol. The van der Waals surface area contributed by atoms with Gasteiger partial charge in [0.05, 0.1) is 6.33 Å². The predicted molar refractivity (Wildman–Crippen MR) is 75.1 cm³/mol. The van der Waals surface area contributed by atoms with Crippen LogP contribution < -0.4 is 11.3 Å². The van der Waals surface area contributed by atoms with Crippen molar-refractivity contribution in [1.29, 1.82) is 0 Å². The van der Waals surface area contributed by atoms with Crippen LogP contribution in [0, 0.1) is 0 Å². The molecule has 1 saturated heterocycles. The van der Waals surface area contributed by atoms with Crippen molar-refractivity contribution in [2.24, 2.45) is 0 Å². The molecule has 0 amide bonds. The summed E-state index contributed by atoms with van der Waals surface area (Å²) in [5.74, 6) is -0.0999. The van der Waals surface area contributed by atoms with E-state index in [-0.39, 0.29) is 23.5 Å². The highest BCUT2D eigenvalue weighted by molar-refractivity contribution is 7.51. The predicted octanol–water partition coefficient (Wildman–Crippen LogP) is -1.54. The van der Waals surface area contributed by atoms with Gasteiger partial charge in [-0.2, -0.15) is 4.98 Å². The highest BCUT2D eigenvalue weighted by atomic mass is 31.2. The van der Waals surface area contributed by atoms with Gasteiger partial charge in [-0.05, 0) is 0 Å². The lowest BCUT2D eigenvalue weighted by Gasteiger charge is -2.16. The van der Waals surface area contributed by atoms with E-state index in [1.165, 1.54) is 10.9 Å². The lowest BCUT2D eigenvalue weighted by Crippen LogP contribution is -2.24. The van der Waals surface area contributed by atoms with E-state index in [9.17, 15) is 14.5 Å². The first kappa shape index (κ1) is 16.1. The molecule has 0 unspecified atom stereocenters. The van der Waals surface area contributed by atoms with Gasteiger partial charge in [0.15, 0.2) is 23.8 Å². The van der Waals surface area contributed by atoms with Gasteiger partial charge in [0.2, 0.25) is 5.95 Å². The zero-order valence-corrected chi connectivity index (χ0v) is 12.5. The molecular formula is C10H14N5O7P. The van der Waals surface area contributed by atoms with Crippen LogP contribution in [0.15, 0.2) is 11.1 Å². The Bertz CT molecular complexity index is 829. The summed E-state index contributed by atoms with van der Waals surface area (Å²) in [6.45, 7) is 0. The minimum absolute atomic E-state index is 0.0527. The van der Waals surface area contributed by atoms with E-state index in [2.05, 4.69) is 15.0 Å². The molecule has 1 aliphatic heterocycles. The third-order valence-electron chi connectivity index (χ3n) is 3.22. The fourth-order valence-electron chi connectivity index (χ4n) is 2.27. The van der Waals surface area contributed by atoms with Gasteiger partial charge < -0.3 is 30.1 Å². The summed E-state index contributed by atoms with van der Waals surface area (Å²) in [6, 6.07) is 0. The van der Waals surface area contributed by atoms with E-state index in [1.54, 1.807) is 0 Å². The van der Waals surface area contributed by atoms with Gasteiger partial charge in [-0.15, -0.1) is 0 Å². The molecule has 3 rings (SSSR count). The summed E-state index contributed by atoms with van der Waals surface area (Å²) in [6.07, 6.45) is -2.61. The SMILES string of the molecule is Nc1nc2c(ncn2[C@H]2C[C@H](O)[C@@H](OCP(=O)(O)O)O2)c(=O)[nH]1. The van der Waals surface area contributed by atoms with Crippen molar-refractivity contribution in [3.8, 4) is 0 Å². The van der Waals surface area contributed by atoms with Crippen molar-refractivity contribution in [1.82, 2.24) is 19.5 Å². The fourth-order valence-corrected chi connectivity index (χ4v) is 2.61. The monoisotopic (exact) mass is 347 g/mol. The van der Waals surface area contributed by atoms with Crippen LogP contribution in [0.5, 0.6) is 0 Å². The number of nitrogens with zero attached hydrogens (tertiary/aromatic N) is 3. The number of anilines is 1. The molecule has 6 N–H and O–H groups in total. The average Bonchev–Trinajstić information content (AvgIpc) is 2.99. The third-order valence-corrected chi connectivity index (χ3v) is 3.70. The lowest BCUT2D eigenvalue weighted by molar-refractivity contribution is -0.167. The number of aliphatic hydroxyl groups excluding tert-OH is 1. The third kappa shape index (κ3) is 3.27. The second-order valence-electron chi connectivity index (χ2n) is 5.00. The summed E-state index contributed by atoms with van der Waals surface area (Å²) in [7, 11) is -4.38. The Morgan fingerprint density at radius 2 is 2.30 bits per heavy atom. The Labute approximate surface area is 128 Å². The van der Waals surface area contributed by atoms with Crippen LogP contribution in [0.1, 0.15) is 12.6 Å². The number of H-pyrrole nitrogens is 1. The Kier molecular flexibility index (Phi) is 3.96. The van der Waals surface area contributed by atoms with Gasteiger partial charge in [-0.1, -0.05) is 0 Å². The molecule has 126 valence electrons. The van der Waals surface area contributed by atoms with Gasteiger partial charge in [0, 0.05) is 6.42 Å². The van der Waals surface area contributed by atoms with Crippen LogP contribution in [0.4, 0.5) is 5.95 Å². The Hall–Kier alpha value is -1.82. The Morgan fingerprint density at radius 1 is 1.57 bits per heavy atom. The second kappa shape index (κ2) is 5.67. The van der Waals surface area contributed by atoms with E-state index in [1.807, 2.05) is 0 Å². The maximum atomic E-state index is 11.7. The maximum absolute atomic E-state index is 11.7. The molecule has 0 aromatic carbocycles. The van der Waals surface area contributed by atoms with Crippen molar-refractivity contribution in [2.45, 2.75) is 25.0 Å². The zero-order valence-electron chi connectivity index (χ0n) is 11.6. The van der Waals surface area contributed by atoms with Crippen LogP contribution in [0.25, 0.3) is 11.2 Å². The smallest absolute Gasteiger partial charge is 0.351 e. The summed E-state index contributed by atoms with van der Waals surface area (Å²) < 4.78 is 22.5. The molecule has 1 fully saturated rings. The van der Waals surface area contributed by atoms with E-state index in [0.29, 0.717) is 0 Å². The Morgan fingerprint density at radius 3 is 3.00 bits per heavy atom. The van der Waals surface area contributed by atoms with Crippen LogP contribution in [0.3, 0.4) is 0 Å². The highest BCUT2D eigenvalue weighted by Gasteiger charge is 2.37. The molecule has 12 nitrogen and oxygen atoms in total. The van der Waals surface area contributed by atoms with Gasteiger partial charge in [0.1, 0.15) is 12.3 Å². The molecule has 0 saturated carbocycles. The summed E-state index contributed by atoms with van der Waals surface area (Å²) in [4.78, 5) is 39.5. The molecule has 1 aliphatic rings. The first-order chi connectivity index (χ1) is 10.7. The van der Waals surface area contributed by atoms with E-state index >= 15 is 0 Å². The first-order valence-electron chi connectivity index (χ1n) is 6.46. The summed E-state index contributed by atoms with van der Waals surface area (Å²) in [5.41, 5.74) is 5.20. The largest absolute Gasteiger partial charge is 0.388 e. The maximum Gasteiger partial charge on any atom is 0.351 e. The number of ether oxygens (including phenoxy) is 2. The molecule has 13 heteroatoms. The molecule has 0 radical (unpaired) electrons. The zero-order chi connectivity index (χ0) is 16.8. The number of rotatable bonds is 4. The van der Waals surface area contributed by atoms with Gasteiger partial charge in [-0.25, -0.2) is 4.98 Å². The highest BCUT2D eigenvalue weighted by Crippen LogP contribution is 2.37. The normalized spacial score (nSPS) is 25.3. The second-order valence-corrected chi connectivity index (χ2v) is 6.59. The number of hydrogen-bond acceptors (Lipinski definition) is 8. The number of aliphatic hydroxyl groups is 1. The number of nitrogens with two attached hydrogens (primary N) is 1. The standard InChI is InChI=1S/C10H14N5O7P/c11-10-13-7-6(8(17)14-10)12-2-15(7)5-1-4(16)9(22-5)21-3-23(18,19)20/h2,4-5,9,16H,1,3H2,(H2,18,19,20)(H3,11,13,14,17)/t4-,5+,9-/m0/s1. The van der Waals surface area contributed by atoms with Gasteiger partial charge in [-0.3, -0.25) is 18.9 Å². The quantitative estimate of drug-likeness (QED) is 0.406. The minimum Gasteiger partial charge on any atom is -0.388 e. The average molecular weight is 347 g/mol. The molecule has 3 heterocycles. The number of aromatic nitrogens is 4. The molecule has 2 aromatic heterocycles. The van der Waals surface area contributed by atoms with Crippen LogP contribution in [-0.2, 0) is 14.0 Å². The van der Waals surface area contributed by atoms with Crippen LogP contribution in [-0.4, -0.2) is 53.2 Å². The number of aromatic amines is 1. The van der Waals surface area contributed by atoms with Crippen LogP contribution in [0.2, 0.25) is 0 Å². The molecule has 23 heavy (non-hydrogen) atoms. The van der Waals surface area contributed by atoms with Crippen molar-refractivity contribution >= 4 is 24.7 Å². The molecule has 3 atom stereocenters. The molecule has 0 aliphatic carbocycles. The van der Waals surface area contributed by atoms with Gasteiger partial charge >= 0.3 is 7.60 Å². The fraction of sp³-hybridized carbons (Fsp3) is 0.500. The first-order valence-corrected chi connectivity index (χ1v) is 8.26. The number of imidazole rings is 1. The van der Waals surface area contributed by atoms with E-state index in [4.69, 9.17) is 25.0 Å². The topological polar surface area (TPSA) is 186 Å². The van der Waals surface area contributed by atoms with Crippen molar-refractivity contribution in [3.05, 3.63) is 16.7 Å². The summed E-state index contributed by atoms with van der Waals surface area (Å²) >= 11 is 0. The minimum atomic E-state index is -4.38. The van der Waals surface area contributed by atoms with Crippen molar-refractivity contribution in [2.75, 3.05) is 12.1 Å². The summed E-state index contributed by atoms with van der Waals surface area (Å²) in [5, 5.41) is 9.89. The molecule has 0 spiro atoms. The van der Waals surface area contributed by atoms with Crippen molar-refractivity contribution in [3.63, 3.8) is 0 Å². The van der Waals surface area contributed by atoms with Crippen molar-refractivity contribution < 1.29 is 28.9 Å². The number of fused-ring (bicyclic) bond motifs is 1.